The van der Waals surface area contributed by atoms with E-state index in [1.807, 2.05) is 0 Å². The lowest BCUT2D eigenvalue weighted by molar-refractivity contribution is -0.146. The van der Waals surface area contributed by atoms with E-state index >= 15 is 0 Å². The highest BCUT2D eigenvalue weighted by Crippen LogP contribution is 2.36. The molecule has 0 aliphatic heterocycles. The normalized spacial score (nSPS) is 20.9. The molecule has 2 N–H and O–H groups in total. The summed E-state index contributed by atoms with van der Waals surface area (Å²) in [6.45, 7) is 6.02. The van der Waals surface area contributed by atoms with E-state index in [9.17, 15) is 9.59 Å². The second-order valence-electron chi connectivity index (χ2n) is 4.98. The van der Waals surface area contributed by atoms with E-state index in [1.54, 1.807) is 13.8 Å². The molecule has 0 saturated heterocycles. The van der Waals surface area contributed by atoms with Crippen LogP contribution in [0.25, 0.3) is 0 Å². The molecule has 0 heterocycles. The number of aliphatic carboxylic acids is 1. The maximum absolute atomic E-state index is 11.7. The van der Waals surface area contributed by atoms with Crippen molar-refractivity contribution in [2.75, 3.05) is 6.54 Å². The van der Waals surface area contributed by atoms with Crippen LogP contribution in [0.4, 0.5) is 0 Å². The minimum absolute atomic E-state index is 0.151. The zero-order chi connectivity index (χ0) is 12.3. The number of carboxylic acid groups (broad SMARTS) is 1. The largest absolute Gasteiger partial charge is 0.481 e. The van der Waals surface area contributed by atoms with Crippen LogP contribution >= 0.6 is 0 Å². The van der Waals surface area contributed by atoms with Gasteiger partial charge in [0, 0.05) is 12.5 Å². The van der Waals surface area contributed by atoms with E-state index < -0.39 is 17.8 Å². The predicted molar refractivity (Wildman–Crippen MR) is 60.9 cm³/mol. The maximum Gasteiger partial charge on any atom is 0.307 e. The van der Waals surface area contributed by atoms with Gasteiger partial charge < -0.3 is 10.4 Å². The SMILES string of the molecule is CC(CNC(=O)C(C)C(C)C(=O)O)C1CC1. The molecule has 0 aromatic carbocycles. The first kappa shape index (κ1) is 13.0. The fourth-order valence-electron chi connectivity index (χ4n) is 1.70. The van der Waals surface area contributed by atoms with Crippen molar-refractivity contribution in [1.29, 1.82) is 0 Å². The van der Waals surface area contributed by atoms with Crippen LogP contribution in [0.3, 0.4) is 0 Å². The zero-order valence-electron chi connectivity index (χ0n) is 10.2. The van der Waals surface area contributed by atoms with Gasteiger partial charge >= 0.3 is 5.97 Å². The first-order chi connectivity index (χ1) is 7.43. The minimum Gasteiger partial charge on any atom is -0.481 e. The molecule has 1 amide bonds. The number of carbonyl (C=O) groups is 2. The van der Waals surface area contributed by atoms with Crippen molar-refractivity contribution in [3.05, 3.63) is 0 Å². The molecule has 1 aliphatic carbocycles. The summed E-state index contributed by atoms with van der Waals surface area (Å²) in [5.74, 6) is -0.899. The van der Waals surface area contributed by atoms with Crippen molar-refractivity contribution in [3.8, 4) is 0 Å². The Morgan fingerprint density at radius 2 is 1.81 bits per heavy atom. The maximum atomic E-state index is 11.7. The zero-order valence-corrected chi connectivity index (χ0v) is 10.2. The summed E-state index contributed by atoms with van der Waals surface area (Å²) >= 11 is 0. The standard InChI is InChI=1S/C12H21NO3/c1-7(10-4-5-10)6-13-11(14)8(2)9(3)12(15)16/h7-10H,4-6H2,1-3H3,(H,13,14)(H,15,16). The first-order valence-electron chi connectivity index (χ1n) is 5.94. The summed E-state index contributed by atoms with van der Waals surface area (Å²) < 4.78 is 0. The van der Waals surface area contributed by atoms with Gasteiger partial charge in [-0.2, -0.15) is 0 Å². The van der Waals surface area contributed by atoms with E-state index in [2.05, 4.69) is 12.2 Å². The number of hydrogen-bond acceptors (Lipinski definition) is 2. The molecule has 16 heavy (non-hydrogen) atoms. The number of rotatable bonds is 6. The summed E-state index contributed by atoms with van der Waals surface area (Å²) in [7, 11) is 0. The molecule has 4 heteroatoms. The molecular formula is C12H21NO3. The molecule has 92 valence electrons. The first-order valence-corrected chi connectivity index (χ1v) is 5.94. The van der Waals surface area contributed by atoms with Crippen LogP contribution in [0.1, 0.15) is 33.6 Å². The van der Waals surface area contributed by atoms with Crippen LogP contribution in [-0.4, -0.2) is 23.5 Å². The van der Waals surface area contributed by atoms with Gasteiger partial charge in [-0.1, -0.05) is 20.8 Å². The summed E-state index contributed by atoms with van der Waals surface area (Å²) in [6, 6.07) is 0. The third-order valence-electron chi connectivity index (χ3n) is 3.58. The average Bonchev–Trinajstić information content (AvgIpc) is 3.06. The molecule has 3 unspecified atom stereocenters. The second-order valence-corrected chi connectivity index (χ2v) is 4.98. The number of hydrogen-bond donors (Lipinski definition) is 2. The van der Waals surface area contributed by atoms with Gasteiger partial charge in [0.05, 0.1) is 5.92 Å². The Morgan fingerprint density at radius 3 is 2.25 bits per heavy atom. The highest BCUT2D eigenvalue weighted by molar-refractivity contribution is 5.84. The third-order valence-corrected chi connectivity index (χ3v) is 3.58. The summed E-state index contributed by atoms with van der Waals surface area (Å²) in [5, 5.41) is 11.6. The van der Waals surface area contributed by atoms with Crippen molar-refractivity contribution in [2.24, 2.45) is 23.7 Å². The molecule has 1 rings (SSSR count). The van der Waals surface area contributed by atoms with Gasteiger partial charge in [-0.15, -0.1) is 0 Å². The third kappa shape index (κ3) is 3.51. The van der Waals surface area contributed by atoms with Gasteiger partial charge in [0.1, 0.15) is 0 Å². The summed E-state index contributed by atoms with van der Waals surface area (Å²) in [5.41, 5.74) is 0. The van der Waals surface area contributed by atoms with E-state index in [0.717, 1.165) is 5.92 Å². The Hall–Kier alpha value is -1.06. The van der Waals surface area contributed by atoms with Crippen molar-refractivity contribution in [2.45, 2.75) is 33.6 Å². The molecule has 1 fully saturated rings. The molecule has 0 bridgehead atoms. The Bertz CT molecular complexity index is 273. The van der Waals surface area contributed by atoms with Crippen molar-refractivity contribution in [3.63, 3.8) is 0 Å². The van der Waals surface area contributed by atoms with Gasteiger partial charge in [0.2, 0.25) is 5.91 Å². The fourth-order valence-corrected chi connectivity index (χ4v) is 1.70. The fraction of sp³-hybridized carbons (Fsp3) is 0.833. The van der Waals surface area contributed by atoms with Crippen molar-refractivity contribution in [1.82, 2.24) is 5.32 Å². The average molecular weight is 227 g/mol. The number of nitrogens with one attached hydrogen (secondary N) is 1. The van der Waals surface area contributed by atoms with Gasteiger partial charge in [-0.05, 0) is 24.7 Å². The summed E-state index contributed by atoms with van der Waals surface area (Å²) in [4.78, 5) is 22.4. The van der Waals surface area contributed by atoms with Crippen LogP contribution in [-0.2, 0) is 9.59 Å². The molecule has 1 aliphatic rings. The van der Waals surface area contributed by atoms with Gasteiger partial charge in [0.25, 0.3) is 0 Å². The van der Waals surface area contributed by atoms with E-state index in [0.29, 0.717) is 12.5 Å². The van der Waals surface area contributed by atoms with Gasteiger partial charge in [0.15, 0.2) is 0 Å². The van der Waals surface area contributed by atoms with Crippen molar-refractivity contribution < 1.29 is 14.7 Å². The van der Waals surface area contributed by atoms with E-state index in [-0.39, 0.29) is 5.91 Å². The van der Waals surface area contributed by atoms with Crippen LogP contribution < -0.4 is 5.32 Å². The Balaban J connectivity index is 2.30. The molecule has 0 radical (unpaired) electrons. The van der Waals surface area contributed by atoms with Crippen LogP contribution in [0.15, 0.2) is 0 Å². The monoisotopic (exact) mass is 227 g/mol. The molecule has 3 atom stereocenters. The molecule has 0 spiro atoms. The molecule has 1 saturated carbocycles. The quantitative estimate of drug-likeness (QED) is 0.722. The molecular weight excluding hydrogens is 206 g/mol. The van der Waals surface area contributed by atoms with Gasteiger partial charge in [-0.3, -0.25) is 9.59 Å². The van der Waals surface area contributed by atoms with E-state index in [1.165, 1.54) is 12.8 Å². The smallest absolute Gasteiger partial charge is 0.307 e. The Morgan fingerprint density at radius 1 is 1.25 bits per heavy atom. The van der Waals surface area contributed by atoms with Crippen molar-refractivity contribution >= 4 is 11.9 Å². The van der Waals surface area contributed by atoms with Crippen LogP contribution in [0.2, 0.25) is 0 Å². The molecule has 4 nitrogen and oxygen atoms in total. The number of carboxylic acids is 1. The Kier molecular flexibility index (Phi) is 4.33. The molecule has 0 aromatic rings. The topological polar surface area (TPSA) is 66.4 Å². The highest BCUT2D eigenvalue weighted by atomic mass is 16.4. The lowest BCUT2D eigenvalue weighted by atomic mass is 9.95. The van der Waals surface area contributed by atoms with Crippen LogP contribution in [0.5, 0.6) is 0 Å². The Labute approximate surface area is 96.4 Å². The second kappa shape index (κ2) is 5.32. The predicted octanol–water partition coefficient (Wildman–Crippen LogP) is 1.51. The van der Waals surface area contributed by atoms with Gasteiger partial charge in [-0.25, -0.2) is 0 Å². The lowest BCUT2D eigenvalue weighted by Gasteiger charge is -2.17. The minimum atomic E-state index is -0.919. The van der Waals surface area contributed by atoms with Crippen LogP contribution in [0, 0.1) is 23.7 Å². The lowest BCUT2D eigenvalue weighted by Crippen LogP contribution is -2.37. The highest BCUT2D eigenvalue weighted by Gasteiger charge is 2.29. The number of carbonyl (C=O) groups excluding carboxylic acids is 1. The molecule has 0 aromatic heterocycles. The number of amides is 1. The van der Waals surface area contributed by atoms with E-state index in [4.69, 9.17) is 5.11 Å². The summed E-state index contributed by atoms with van der Waals surface area (Å²) in [6.07, 6.45) is 2.52.